The number of hydrogen-bond acceptors (Lipinski definition) is 2. The smallest absolute Gasteiger partial charge is 0.328 e. The molecule has 126 valence electrons. The number of carboxylic acid groups (broad SMARTS) is 1. The maximum absolute atomic E-state index is 10.7. The Kier molecular flexibility index (Phi) is 5.75. The van der Waals surface area contributed by atoms with E-state index >= 15 is 0 Å². The average molecular weight is 340 g/mol. The molecule has 4 heteroatoms. The third-order valence-corrected chi connectivity index (χ3v) is 9.08. The number of carbonyl (C=O) groups is 1. The third-order valence-electron chi connectivity index (χ3n) is 4.07. The quantitative estimate of drug-likeness (QED) is 0.649. The first-order chi connectivity index (χ1) is 11.4. The van der Waals surface area contributed by atoms with Crippen LogP contribution in [0.25, 0.3) is 0 Å². The molecule has 24 heavy (non-hydrogen) atoms. The molecule has 0 aliphatic heterocycles. The maximum Gasteiger partial charge on any atom is 0.328 e. The Balaban J connectivity index is 2.55. The van der Waals surface area contributed by atoms with Gasteiger partial charge in [-0.15, -0.1) is 0 Å². The van der Waals surface area contributed by atoms with Crippen LogP contribution in [0.3, 0.4) is 0 Å². The standard InChI is InChI=1S/C20H24O3Si/c1-20(2,3)24(17-11-6-4-7-12-17,18-13-8-5-9-14-18)23-16-10-15-19(21)22/h4-15H,16H2,1-3H3,(H,21,22)/b15-10+. The van der Waals surface area contributed by atoms with Gasteiger partial charge in [0.05, 0.1) is 6.61 Å². The van der Waals surface area contributed by atoms with Gasteiger partial charge in [0.25, 0.3) is 8.32 Å². The van der Waals surface area contributed by atoms with Crippen LogP contribution in [0.15, 0.2) is 72.8 Å². The van der Waals surface area contributed by atoms with Crippen LogP contribution in [0.2, 0.25) is 5.04 Å². The molecule has 1 N–H and O–H groups in total. The zero-order valence-electron chi connectivity index (χ0n) is 14.4. The summed E-state index contributed by atoms with van der Waals surface area (Å²) in [4.78, 5) is 10.7. The molecule has 0 radical (unpaired) electrons. The van der Waals surface area contributed by atoms with Gasteiger partial charge in [0.2, 0.25) is 0 Å². The van der Waals surface area contributed by atoms with Crippen molar-refractivity contribution < 1.29 is 14.3 Å². The number of rotatable bonds is 6. The minimum absolute atomic E-state index is 0.104. The number of hydrogen-bond donors (Lipinski definition) is 1. The lowest BCUT2D eigenvalue weighted by Gasteiger charge is -2.42. The number of aliphatic carboxylic acids is 1. The molecule has 0 saturated heterocycles. The third kappa shape index (κ3) is 3.83. The topological polar surface area (TPSA) is 46.5 Å². The van der Waals surface area contributed by atoms with Gasteiger partial charge in [0, 0.05) is 6.08 Å². The summed E-state index contributed by atoms with van der Waals surface area (Å²) in [5, 5.41) is 11.1. The van der Waals surface area contributed by atoms with Gasteiger partial charge in [-0.05, 0) is 15.4 Å². The SMILES string of the molecule is CC(C)(C)[Si](OC/C=C/C(=O)O)(c1ccccc1)c1ccccc1. The normalized spacial score (nSPS) is 12.5. The molecule has 0 atom stereocenters. The lowest BCUT2D eigenvalue weighted by atomic mass is 10.2. The Bertz CT molecular complexity index is 648. The first-order valence-corrected chi connectivity index (χ1v) is 9.93. The van der Waals surface area contributed by atoms with E-state index in [1.807, 2.05) is 36.4 Å². The molecule has 0 spiro atoms. The van der Waals surface area contributed by atoms with Gasteiger partial charge in [0.1, 0.15) is 0 Å². The predicted molar refractivity (Wildman–Crippen MR) is 100 cm³/mol. The fourth-order valence-electron chi connectivity index (χ4n) is 3.08. The van der Waals surface area contributed by atoms with E-state index < -0.39 is 14.3 Å². The van der Waals surface area contributed by atoms with Crippen molar-refractivity contribution >= 4 is 24.7 Å². The van der Waals surface area contributed by atoms with Gasteiger partial charge < -0.3 is 9.53 Å². The fourth-order valence-corrected chi connectivity index (χ4v) is 7.59. The molecule has 0 heterocycles. The molecule has 0 aliphatic carbocycles. The highest BCUT2D eigenvalue weighted by Gasteiger charge is 2.49. The lowest BCUT2D eigenvalue weighted by molar-refractivity contribution is -0.131. The predicted octanol–water partition coefficient (Wildman–Crippen LogP) is 3.20. The average Bonchev–Trinajstić information content (AvgIpc) is 2.55. The summed E-state index contributed by atoms with van der Waals surface area (Å²) in [6.45, 7) is 6.86. The van der Waals surface area contributed by atoms with Crippen LogP contribution in [0, 0.1) is 0 Å². The highest BCUT2D eigenvalue weighted by atomic mass is 28.4. The summed E-state index contributed by atoms with van der Waals surface area (Å²) >= 11 is 0. The van der Waals surface area contributed by atoms with Crippen molar-refractivity contribution in [3.8, 4) is 0 Å². The minimum Gasteiger partial charge on any atom is -0.478 e. The van der Waals surface area contributed by atoms with Gasteiger partial charge >= 0.3 is 5.97 Å². The summed E-state index contributed by atoms with van der Waals surface area (Å²) in [5.74, 6) is -0.957. The van der Waals surface area contributed by atoms with Gasteiger partial charge in [-0.2, -0.15) is 0 Å². The van der Waals surface area contributed by atoms with Crippen molar-refractivity contribution in [2.24, 2.45) is 0 Å². The molecule has 3 nitrogen and oxygen atoms in total. The first kappa shape index (κ1) is 18.2. The van der Waals surface area contributed by atoms with Crippen LogP contribution in [-0.4, -0.2) is 26.0 Å². The van der Waals surface area contributed by atoms with Crippen LogP contribution >= 0.6 is 0 Å². The summed E-state index contributed by atoms with van der Waals surface area (Å²) in [5.41, 5.74) is 0. The number of benzene rings is 2. The van der Waals surface area contributed by atoms with E-state index in [0.29, 0.717) is 0 Å². The molecule has 0 aliphatic rings. The van der Waals surface area contributed by atoms with E-state index in [4.69, 9.17) is 9.53 Å². The zero-order chi connectivity index (χ0) is 17.6. The van der Waals surface area contributed by atoms with Crippen LogP contribution in [0.4, 0.5) is 0 Å². The van der Waals surface area contributed by atoms with Crippen molar-refractivity contribution in [2.75, 3.05) is 6.61 Å². The van der Waals surface area contributed by atoms with E-state index in [1.54, 1.807) is 6.08 Å². The van der Waals surface area contributed by atoms with Crippen molar-refractivity contribution in [1.82, 2.24) is 0 Å². The van der Waals surface area contributed by atoms with E-state index in [2.05, 4.69) is 45.0 Å². The van der Waals surface area contributed by atoms with E-state index in [9.17, 15) is 4.79 Å². The monoisotopic (exact) mass is 340 g/mol. The Labute approximate surface area is 144 Å². The Morgan fingerprint density at radius 3 is 1.83 bits per heavy atom. The van der Waals surface area contributed by atoms with Crippen molar-refractivity contribution in [2.45, 2.75) is 25.8 Å². The van der Waals surface area contributed by atoms with Crippen molar-refractivity contribution in [1.29, 1.82) is 0 Å². The zero-order valence-corrected chi connectivity index (χ0v) is 15.4. The molecule has 0 fully saturated rings. The lowest BCUT2D eigenvalue weighted by Crippen LogP contribution is -2.66. The summed E-state index contributed by atoms with van der Waals surface area (Å²) in [6.07, 6.45) is 2.71. The molecule has 2 aromatic rings. The Morgan fingerprint density at radius 1 is 1.00 bits per heavy atom. The molecule has 0 unspecified atom stereocenters. The van der Waals surface area contributed by atoms with E-state index in [0.717, 1.165) is 6.08 Å². The van der Waals surface area contributed by atoms with Gasteiger partial charge in [-0.25, -0.2) is 4.79 Å². The second kappa shape index (κ2) is 7.60. The summed E-state index contributed by atoms with van der Waals surface area (Å²) < 4.78 is 6.51. The molecule has 2 aromatic carbocycles. The molecular formula is C20H24O3Si. The van der Waals surface area contributed by atoms with E-state index in [-0.39, 0.29) is 11.6 Å². The molecule has 0 saturated carbocycles. The molecule has 0 aromatic heterocycles. The Hall–Kier alpha value is -2.17. The largest absolute Gasteiger partial charge is 0.478 e. The fraction of sp³-hybridized carbons (Fsp3) is 0.250. The molecule has 0 bridgehead atoms. The molecule has 2 rings (SSSR count). The van der Waals surface area contributed by atoms with Gasteiger partial charge in [0.15, 0.2) is 0 Å². The van der Waals surface area contributed by atoms with Crippen LogP contribution in [-0.2, 0) is 9.22 Å². The van der Waals surface area contributed by atoms with Crippen LogP contribution < -0.4 is 10.4 Å². The van der Waals surface area contributed by atoms with E-state index in [1.165, 1.54) is 10.4 Å². The van der Waals surface area contributed by atoms with Crippen LogP contribution in [0.1, 0.15) is 20.8 Å². The molecular weight excluding hydrogens is 316 g/mol. The molecule has 0 amide bonds. The van der Waals surface area contributed by atoms with Gasteiger partial charge in [-0.3, -0.25) is 0 Å². The highest BCUT2D eigenvalue weighted by molar-refractivity contribution is 6.99. The summed E-state index contributed by atoms with van der Waals surface area (Å²) in [7, 11) is -2.57. The van der Waals surface area contributed by atoms with Gasteiger partial charge in [-0.1, -0.05) is 87.5 Å². The van der Waals surface area contributed by atoms with Crippen molar-refractivity contribution in [3.05, 3.63) is 72.8 Å². The number of carboxylic acids is 1. The highest BCUT2D eigenvalue weighted by Crippen LogP contribution is 2.36. The maximum atomic E-state index is 10.7. The second-order valence-corrected chi connectivity index (χ2v) is 11.0. The minimum atomic E-state index is -2.57. The Morgan fingerprint density at radius 2 is 1.46 bits per heavy atom. The van der Waals surface area contributed by atoms with Crippen LogP contribution in [0.5, 0.6) is 0 Å². The van der Waals surface area contributed by atoms with Crippen molar-refractivity contribution in [3.63, 3.8) is 0 Å². The summed E-state index contributed by atoms with van der Waals surface area (Å²) in [6, 6.07) is 20.6. The second-order valence-electron chi connectivity index (χ2n) is 6.71. The first-order valence-electron chi connectivity index (χ1n) is 8.02.